The van der Waals surface area contributed by atoms with Gasteiger partial charge in [0.05, 0.1) is 26.2 Å². The molecule has 31 heteroatoms. The molecular formula is C26H41FN7O19P3S. The first-order valence-corrected chi connectivity index (χ1v) is 21.7. The lowest BCUT2D eigenvalue weighted by molar-refractivity contribution is -0.144. The minimum Gasteiger partial charge on any atom is -0.481 e. The number of carbonyl (C=O) groups excluding carboxylic acids is 3. The number of nitrogens with zero attached hydrogens (tertiary/aromatic N) is 4. The van der Waals surface area contributed by atoms with Gasteiger partial charge in [0.1, 0.15) is 42.2 Å². The van der Waals surface area contributed by atoms with Gasteiger partial charge < -0.3 is 56.0 Å². The van der Waals surface area contributed by atoms with Crippen molar-refractivity contribution in [2.75, 3.05) is 44.5 Å². The van der Waals surface area contributed by atoms with E-state index >= 15 is 0 Å². The van der Waals surface area contributed by atoms with Crippen molar-refractivity contribution in [3.8, 4) is 0 Å². The zero-order valence-corrected chi connectivity index (χ0v) is 33.3. The standard InChI is InChI=1S/C26H41FN7O19P3S/c1-26(2,19(37)22(38)30-6-4-15(35)29-7-8-57-25(41)13(3-5-27)24(39)40)10-50-56(47,48)53-55(45,46)49-9-14-18(52-54(42,43)44)17(36)23(51-14)34-12-33-16-20(28)31-11-32-21(16)34/h11-14,17-19,23,36-37H,3-10H2,1-2H3,(H,29,35)(H,30,38)(H,39,40)(H,45,46)(H,47,48)(H2,28,31,32)(H2,42,43,44)/t13?,14-,17?,18?,19+,23-/m0/s1. The molecule has 0 aliphatic carbocycles. The van der Waals surface area contributed by atoms with Crippen molar-refractivity contribution >= 4 is 75.1 Å². The van der Waals surface area contributed by atoms with Crippen LogP contribution in [0.2, 0.25) is 0 Å². The van der Waals surface area contributed by atoms with Crippen molar-refractivity contribution in [1.29, 1.82) is 0 Å². The Morgan fingerprint density at radius 3 is 2.37 bits per heavy atom. The molecule has 0 radical (unpaired) electrons. The first-order chi connectivity index (χ1) is 26.4. The van der Waals surface area contributed by atoms with E-state index in [2.05, 4.69) is 34.4 Å². The van der Waals surface area contributed by atoms with Crippen LogP contribution in [0.15, 0.2) is 12.7 Å². The number of thioether (sulfide) groups is 1. The first-order valence-electron chi connectivity index (χ1n) is 16.2. The van der Waals surface area contributed by atoms with Gasteiger partial charge in [-0.1, -0.05) is 25.6 Å². The predicted molar refractivity (Wildman–Crippen MR) is 189 cm³/mol. The van der Waals surface area contributed by atoms with Crippen molar-refractivity contribution in [2.24, 2.45) is 11.3 Å². The molecule has 8 atom stereocenters. The molecular weight excluding hydrogens is 858 g/mol. The number of imidazole rings is 1. The van der Waals surface area contributed by atoms with E-state index in [4.69, 9.17) is 24.6 Å². The van der Waals surface area contributed by atoms with Gasteiger partial charge in [-0.2, -0.15) is 4.31 Å². The number of anilines is 1. The highest BCUT2D eigenvalue weighted by Gasteiger charge is 2.50. The number of ether oxygens (including phenoxy) is 1. The second kappa shape index (κ2) is 20.3. The number of fused-ring (bicyclic) bond motifs is 1. The van der Waals surface area contributed by atoms with Crippen molar-refractivity contribution in [3.63, 3.8) is 0 Å². The number of carboxylic acid groups (broad SMARTS) is 1. The number of carboxylic acids is 1. The van der Waals surface area contributed by atoms with Crippen LogP contribution in [0.4, 0.5) is 10.2 Å². The summed E-state index contributed by atoms with van der Waals surface area (Å²) in [5.74, 6) is -4.71. The van der Waals surface area contributed by atoms with Crippen molar-refractivity contribution < 1.29 is 94.8 Å². The molecule has 0 aromatic carbocycles. The summed E-state index contributed by atoms with van der Waals surface area (Å²) in [5, 5.41) is 34.3. The second-order valence-corrected chi connectivity index (χ2v) is 17.9. The first kappa shape index (κ1) is 48.3. The molecule has 3 rings (SSSR count). The van der Waals surface area contributed by atoms with Crippen molar-refractivity contribution in [2.45, 2.75) is 57.3 Å². The number of nitrogens with one attached hydrogen (secondary N) is 2. The Morgan fingerprint density at radius 1 is 1.07 bits per heavy atom. The van der Waals surface area contributed by atoms with Gasteiger partial charge in [-0.05, 0) is 6.42 Å². The number of aliphatic carboxylic acids is 1. The zero-order chi connectivity index (χ0) is 42.9. The number of phosphoric acid groups is 3. The molecule has 2 amide bonds. The van der Waals surface area contributed by atoms with E-state index < -0.39 is 115 Å². The van der Waals surface area contributed by atoms with E-state index in [0.717, 1.165) is 17.2 Å². The molecule has 0 spiro atoms. The predicted octanol–water partition coefficient (Wildman–Crippen LogP) is -1.27. The lowest BCUT2D eigenvalue weighted by Gasteiger charge is -2.30. The van der Waals surface area contributed by atoms with E-state index in [-0.39, 0.29) is 42.2 Å². The maximum atomic E-state index is 12.7. The maximum absolute atomic E-state index is 12.7. The molecule has 1 saturated heterocycles. The number of nitrogens with two attached hydrogens (primary N) is 1. The Bertz CT molecular complexity index is 1910. The van der Waals surface area contributed by atoms with Crippen LogP contribution in [0.1, 0.15) is 32.9 Å². The van der Waals surface area contributed by atoms with Gasteiger partial charge in [-0.3, -0.25) is 41.7 Å². The molecule has 322 valence electrons. The highest BCUT2D eigenvalue weighted by atomic mass is 32.2. The highest BCUT2D eigenvalue weighted by Crippen LogP contribution is 2.61. The zero-order valence-electron chi connectivity index (χ0n) is 29.8. The largest absolute Gasteiger partial charge is 0.481 e. The van der Waals surface area contributed by atoms with Crippen LogP contribution in [0.5, 0.6) is 0 Å². The fourth-order valence-electron chi connectivity index (χ4n) is 4.83. The number of carbonyl (C=O) groups is 4. The monoisotopic (exact) mass is 899 g/mol. The topological polar surface area (TPSA) is 401 Å². The van der Waals surface area contributed by atoms with Crippen LogP contribution in [0, 0.1) is 11.3 Å². The number of alkyl halides is 1. The molecule has 2 aromatic heterocycles. The Balaban J connectivity index is 1.49. The molecule has 3 heterocycles. The fourth-order valence-corrected chi connectivity index (χ4v) is 8.49. The van der Waals surface area contributed by atoms with Gasteiger partial charge >= 0.3 is 29.4 Å². The van der Waals surface area contributed by atoms with E-state index in [0.29, 0.717) is 11.8 Å². The van der Waals surface area contributed by atoms with Gasteiger partial charge in [-0.15, -0.1) is 0 Å². The number of aliphatic hydroxyl groups excluding tert-OH is 2. The molecule has 2 aromatic rings. The molecule has 57 heavy (non-hydrogen) atoms. The van der Waals surface area contributed by atoms with Gasteiger partial charge in [0, 0.05) is 30.7 Å². The van der Waals surface area contributed by atoms with Crippen molar-refractivity contribution in [3.05, 3.63) is 12.7 Å². The molecule has 11 N–H and O–H groups in total. The van der Waals surface area contributed by atoms with Crippen LogP contribution < -0.4 is 16.4 Å². The molecule has 0 bridgehead atoms. The normalized spacial score (nSPS) is 22.0. The molecule has 1 aliphatic rings. The Kier molecular flexibility index (Phi) is 17.2. The van der Waals surface area contributed by atoms with E-state index in [9.17, 15) is 67.1 Å². The van der Waals surface area contributed by atoms with Crippen LogP contribution in [0.25, 0.3) is 11.2 Å². The smallest absolute Gasteiger partial charge is 0.481 e. The maximum Gasteiger partial charge on any atom is 0.481 e. The van der Waals surface area contributed by atoms with Crippen molar-refractivity contribution in [1.82, 2.24) is 30.2 Å². The summed E-state index contributed by atoms with van der Waals surface area (Å²) in [7, 11) is -16.5. The summed E-state index contributed by atoms with van der Waals surface area (Å²) in [6, 6.07) is 0. The van der Waals surface area contributed by atoms with E-state index in [1.165, 1.54) is 13.8 Å². The van der Waals surface area contributed by atoms with Crippen LogP contribution in [-0.4, -0.2) is 140 Å². The average Bonchev–Trinajstić information content (AvgIpc) is 3.66. The molecule has 5 unspecified atom stereocenters. The number of hydrogen-bond donors (Lipinski definition) is 10. The number of phosphoric ester groups is 3. The average molecular weight is 900 g/mol. The highest BCUT2D eigenvalue weighted by molar-refractivity contribution is 8.13. The second-order valence-electron chi connectivity index (χ2n) is 12.6. The number of rotatable bonds is 23. The van der Waals surface area contributed by atoms with E-state index in [1.807, 2.05) is 0 Å². The third kappa shape index (κ3) is 14.3. The fraction of sp³-hybridized carbons (Fsp3) is 0.654. The molecule has 0 saturated carbocycles. The van der Waals surface area contributed by atoms with E-state index in [1.54, 1.807) is 0 Å². The number of halogens is 1. The Morgan fingerprint density at radius 2 is 1.74 bits per heavy atom. The molecule has 26 nitrogen and oxygen atoms in total. The number of aromatic nitrogens is 4. The molecule has 1 fully saturated rings. The summed E-state index contributed by atoms with van der Waals surface area (Å²) >= 11 is 0.599. The minimum absolute atomic E-state index is 0.0112. The number of hydrogen-bond acceptors (Lipinski definition) is 19. The number of nitrogen functional groups attached to an aromatic ring is 1. The van der Waals surface area contributed by atoms with Crippen LogP contribution >= 0.6 is 35.2 Å². The van der Waals surface area contributed by atoms with Crippen LogP contribution in [0.3, 0.4) is 0 Å². The lowest BCUT2D eigenvalue weighted by atomic mass is 9.87. The van der Waals surface area contributed by atoms with Crippen LogP contribution in [-0.2, 0) is 55.5 Å². The quantitative estimate of drug-likeness (QED) is 0.0353. The third-order valence-corrected chi connectivity index (χ3v) is 11.8. The number of amides is 2. The summed E-state index contributed by atoms with van der Waals surface area (Å²) in [4.78, 5) is 98.3. The third-order valence-electron chi connectivity index (χ3n) is 7.73. The van der Waals surface area contributed by atoms with Gasteiger partial charge in [0.2, 0.25) is 16.9 Å². The van der Waals surface area contributed by atoms with Gasteiger partial charge in [-0.25, -0.2) is 28.6 Å². The van der Waals surface area contributed by atoms with Gasteiger partial charge in [0.25, 0.3) is 0 Å². The Hall–Kier alpha value is -3.04. The number of aliphatic hydroxyl groups is 2. The molecule has 1 aliphatic heterocycles. The Labute approximate surface area is 325 Å². The SMILES string of the molecule is CC(C)(COP(=O)(O)OP(=O)(O)OC[C@@H]1O[C@H](n2cnc3c(N)ncnc32)C(O)C1OP(=O)(O)O)[C@H](O)C(=O)NCCC(=O)NCCSC(=O)C(CCF)C(=O)O. The lowest BCUT2D eigenvalue weighted by Crippen LogP contribution is -2.46. The summed E-state index contributed by atoms with van der Waals surface area (Å²) in [6.07, 6.45) is -7.73. The minimum atomic E-state index is -5.61. The summed E-state index contributed by atoms with van der Waals surface area (Å²) < 4.78 is 74.3. The van der Waals surface area contributed by atoms with Gasteiger partial charge in [0.15, 0.2) is 17.7 Å². The summed E-state index contributed by atoms with van der Waals surface area (Å²) in [6.45, 7) is -1.07. The summed E-state index contributed by atoms with van der Waals surface area (Å²) in [5.41, 5.74) is 4.15.